The van der Waals surface area contributed by atoms with Gasteiger partial charge in [0, 0.05) is 5.56 Å². The van der Waals surface area contributed by atoms with Crippen molar-refractivity contribution < 1.29 is 18.0 Å². The van der Waals surface area contributed by atoms with Crippen LogP contribution in [0, 0.1) is 5.95 Å². The molecule has 5 heteroatoms. The number of rotatable bonds is 2. The van der Waals surface area contributed by atoms with E-state index in [4.69, 9.17) is 0 Å². The molecule has 0 unspecified atom stereocenters. The number of aldehydes is 1. The van der Waals surface area contributed by atoms with Crippen LogP contribution in [0.2, 0.25) is 0 Å². The van der Waals surface area contributed by atoms with E-state index in [0.29, 0.717) is 0 Å². The Hall–Kier alpha value is -1.39. The number of pyridine rings is 1. The molecule has 64 valence electrons. The van der Waals surface area contributed by atoms with Crippen molar-refractivity contribution in [3.05, 3.63) is 29.3 Å². The standard InChI is InChI=1S/C7H4F3NO/c8-5-2-1-4(3-12)6(11-5)7(9)10/h1-3,7H. The molecule has 0 aromatic carbocycles. The monoisotopic (exact) mass is 175 g/mol. The van der Waals surface area contributed by atoms with Gasteiger partial charge in [0.05, 0.1) is 0 Å². The first-order chi connectivity index (χ1) is 5.65. The molecular weight excluding hydrogens is 171 g/mol. The molecule has 0 saturated heterocycles. The minimum absolute atomic E-state index is 0.216. The Kier molecular flexibility index (Phi) is 2.42. The summed E-state index contributed by atoms with van der Waals surface area (Å²) in [4.78, 5) is 13.0. The minimum atomic E-state index is -2.93. The van der Waals surface area contributed by atoms with Crippen molar-refractivity contribution in [2.75, 3.05) is 0 Å². The maximum Gasteiger partial charge on any atom is 0.281 e. The van der Waals surface area contributed by atoms with E-state index in [1.807, 2.05) is 0 Å². The summed E-state index contributed by atoms with van der Waals surface area (Å²) in [5.74, 6) is -1.02. The molecule has 1 rings (SSSR count). The fourth-order valence-corrected chi connectivity index (χ4v) is 0.735. The van der Waals surface area contributed by atoms with Crippen LogP contribution in [0.1, 0.15) is 22.5 Å². The van der Waals surface area contributed by atoms with Crippen molar-refractivity contribution in [1.82, 2.24) is 4.98 Å². The predicted molar refractivity (Wildman–Crippen MR) is 34.5 cm³/mol. The minimum Gasteiger partial charge on any atom is -0.298 e. The molecule has 0 saturated carbocycles. The average molecular weight is 175 g/mol. The number of hydrogen-bond donors (Lipinski definition) is 0. The maximum atomic E-state index is 12.3. The van der Waals surface area contributed by atoms with Crippen molar-refractivity contribution >= 4 is 6.29 Å². The number of aromatic nitrogens is 1. The number of halogens is 3. The van der Waals surface area contributed by atoms with E-state index in [0.717, 1.165) is 12.1 Å². The van der Waals surface area contributed by atoms with E-state index >= 15 is 0 Å². The summed E-state index contributed by atoms with van der Waals surface area (Å²) in [6.45, 7) is 0. The Balaban J connectivity index is 3.21. The molecule has 0 spiro atoms. The summed E-state index contributed by atoms with van der Waals surface area (Å²) in [5.41, 5.74) is -1.10. The topological polar surface area (TPSA) is 30.0 Å². The van der Waals surface area contributed by atoms with E-state index in [9.17, 15) is 18.0 Å². The van der Waals surface area contributed by atoms with Crippen LogP contribution in [0.5, 0.6) is 0 Å². The molecule has 0 radical (unpaired) electrons. The average Bonchev–Trinajstić information content (AvgIpc) is 2.04. The van der Waals surface area contributed by atoms with E-state index in [2.05, 4.69) is 4.98 Å². The summed E-state index contributed by atoms with van der Waals surface area (Å²) in [6, 6.07) is 1.83. The predicted octanol–water partition coefficient (Wildman–Crippen LogP) is 1.97. The Morgan fingerprint density at radius 3 is 2.58 bits per heavy atom. The van der Waals surface area contributed by atoms with Gasteiger partial charge < -0.3 is 0 Å². The summed E-state index contributed by atoms with van der Waals surface area (Å²) < 4.78 is 36.3. The number of carbonyl (C=O) groups is 1. The van der Waals surface area contributed by atoms with Gasteiger partial charge in [-0.15, -0.1) is 0 Å². The second kappa shape index (κ2) is 3.34. The van der Waals surface area contributed by atoms with Gasteiger partial charge in [0.2, 0.25) is 5.95 Å². The lowest BCUT2D eigenvalue weighted by Crippen LogP contribution is -1.99. The van der Waals surface area contributed by atoms with Gasteiger partial charge >= 0.3 is 0 Å². The first kappa shape index (κ1) is 8.70. The normalized spacial score (nSPS) is 10.3. The van der Waals surface area contributed by atoms with Gasteiger partial charge in [0.15, 0.2) is 6.29 Å². The van der Waals surface area contributed by atoms with Gasteiger partial charge in [-0.2, -0.15) is 4.39 Å². The van der Waals surface area contributed by atoms with Crippen LogP contribution in [0.15, 0.2) is 12.1 Å². The Labute approximate surface area is 66.0 Å². The van der Waals surface area contributed by atoms with Crippen LogP contribution >= 0.6 is 0 Å². The largest absolute Gasteiger partial charge is 0.298 e. The van der Waals surface area contributed by atoms with Gasteiger partial charge in [-0.25, -0.2) is 13.8 Å². The van der Waals surface area contributed by atoms with Crippen molar-refractivity contribution in [3.8, 4) is 0 Å². The first-order valence-corrected chi connectivity index (χ1v) is 3.05. The molecule has 0 amide bonds. The zero-order valence-corrected chi connectivity index (χ0v) is 5.80. The Bertz CT molecular complexity index is 301. The highest BCUT2D eigenvalue weighted by molar-refractivity contribution is 5.76. The van der Waals surface area contributed by atoms with Crippen LogP contribution in [-0.4, -0.2) is 11.3 Å². The van der Waals surface area contributed by atoms with Crippen LogP contribution in [0.3, 0.4) is 0 Å². The molecule has 12 heavy (non-hydrogen) atoms. The molecule has 1 aromatic rings. The molecule has 0 aliphatic heterocycles. The van der Waals surface area contributed by atoms with Crippen molar-refractivity contribution in [3.63, 3.8) is 0 Å². The van der Waals surface area contributed by atoms with Crippen LogP contribution in [0.4, 0.5) is 13.2 Å². The third-order valence-electron chi connectivity index (χ3n) is 1.26. The lowest BCUT2D eigenvalue weighted by atomic mass is 10.2. The molecule has 0 bridgehead atoms. The third-order valence-corrected chi connectivity index (χ3v) is 1.26. The third kappa shape index (κ3) is 1.61. The Morgan fingerprint density at radius 1 is 1.42 bits per heavy atom. The SMILES string of the molecule is O=Cc1ccc(F)nc1C(F)F. The highest BCUT2D eigenvalue weighted by atomic mass is 19.3. The zero-order chi connectivity index (χ0) is 9.14. The number of carbonyl (C=O) groups excluding carboxylic acids is 1. The fourth-order valence-electron chi connectivity index (χ4n) is 0.735. The highest BCUT2D eigenvalue weighted by Gasteiger charge is 2.14. The molecule has 1 aromatic heterocycles. The van der Waals surface area contributed by atoms with Crippen molar-refractivity contribution in [2.24, 2.45) is 0 Å². The van der Waals surface area contributed by atoms with Gasteiger partial charge in [-0.05, 0) is 12.1 Å². The van der Waals surface area contributed by atoms with Crippen LogP contribution in [-0.2, 0) is 0 Å². The van der Waals surface area contributed by atoms with Crippen molar-refractivity contribution in [1.29, 1.82) is 0 Å². The Morgan fingerprint density at radius 2 is 2.08 bits per heavy atom. The van der Waals surface area contributed by atoms with Gasteiger partial charge in [-0.3, -0.25) is 4.79 Å². The molecule has 1 heterocycles. The molecule has 0 fully saturated rings. The summed E-state index contributed by atoms with van der Waals surface area (Å²) in [7, 11) is 0. The summed E-state index contributed by atoms with van der Waals surface area (Å²) in [6.07, 6.45) is -2.71. The molecule has 0 aliphatic carbocycles. The number of hydrogen-bond acceptors (Lipinski definition) is 2. The lowest BCUT2D eigenvalue weighted by Gasteiger charge is -2.00. The molecule has 0 aliphatic rings. The van der Waals surface area contributed by atoms with Crippen LogP contribution < -0.4 is 0 Å². The molecular formula is C7H4F3NO. The van der Waals surface area contributed by atoms with E-state index in [1.54, 1.807) is 0 Å². The summed E-state index contributed by atoms with van der Waals surface area (Å²) >= 11 is 0. The molecule has 0 atom stereocenters. The second-order valence-corrected chi connectivity index (χ2v) is 2.03. The van der Waals surface area contributed by atoms with Gasteiger partial charge in [0.25, 0.3) is 6.43 Å². The molecule has 0 N–H and O–H groups in total. The van der Waals surface area contributed by atoms with E-state index in [1.165, 1.54) is 0 Å². The van der Waals surface area contributed by atoms with Crippen LogP contribution in [0.25, 0.3) is 0 Å². The first-order valence-electron chi connectivity index (χ1n) is 3.05. The van der Waals surface area contributed by atoms with E-state index < -0.39 is 18.1 Å². The van der Waals surface area contributed by atoms with Crippen molar-refractivity contribution in [2.45, 2.75) is 6.43 Å². The summed E-state index contributed by atoms with van der Waals surface area (Å²) in [5, 5.41) is 0. The lowest BCUT2D eigenvalue weighted by molar-refractivity contribution is 0.110. The van der Waals surface area contributed by atoms with E-state index in [-0.39, 0.29) is 11.8 Å². The maximum absolute atomic E-state index is 12.3. The fraction of sp³-hybridized carbons (Fsp3) is 0.143. The highest BCUT2D eigenvalue weighted by Crippen LogP contribution is 2.19. The van der Waals surface area contributed by atoms with Gasteiger partial charge in [-0.1, -0.05) is 0 Å². The number of alkyl halides is 2. The quantitative estimate of drug-likeness (QED) is 0.508. The smallest absolute Gasteiger partial charge is 0.281 e. The van der Waals surface area contributed by atoms with Gasteiger partial charge in [0.1, 0.15) is 5.69 Å². The molecule has 2 nitrogen and oxygen atoms in total. The zero-order valence-electron chi connectivity index (χ0n) is 5.80. The second-order valence-electron chi connectivity index (χ2n) is 2.03. The number of nitrogens with zero attached hydrogens (tertiary/aromatic N) is 1.